The van der Waals surface area contributed by atoms with Gasteiger partial charge in [0.1, 0.15) is 5.82 Å². The van der Waals surface area contributed by atoms with Gasteiger partial charge >= 0.3 is 0 Å². The van der Waals surface area contributed by atoms with Crippen molar-refractivity contribution in [2.75, 3.05) is 0 Å². The summed E-state index contributed by atoms with van der Waals surface area (Å²) in [7, 11) is 0. The van der Waals surface area contributed by atoms with Gasteiger partial charge in [-0.3, -0.25) is 4.79 Å². The van der Waals surface area contributed by atoms with Crippen LogP contribution in [0.2, 0.25) is 0 Å². The second kappa shape index (κ2) is 3.58. The van der Waals surface area contributed by atoms with Gasteiger partial charge in [0.05, 0.1) is 0 Å². The summed E-state index contributed by atoms with van der Waals surface area (Å²) in [5, 5.41) is 0. The van der Waals surface area contributed by atoms with Gasteiger partial charge in [0.25, 0.3) is 0 Å². The van der Waals surface area contributed by atoms with Gasteiger partial charge in [-0.1, -0.05) is 15.9 Å². The molecule has 0 heterocycles. The van der Waals surface area contributed by atoms with Crippen LogP contribution in [0.1, 0.15) is 28.4 Å². The van der Waals surface area contributed by atoms with Crippen LogP contribution in [0.5, 0.6) is 0 Å². The van der Waals surface area contributed by atoms with Gasteiger partial charge in [-0.25, -0.2) is 4.39 Å². The van der Waals surface area contributed by atoms with Crippen LogP contribution >= 0.6 is 15.9 Å². The highest BCUT2D eigenvalue weighted by Gasteiger charge is 2.12. The molecule has 13 heavy (non-hydrogen) atoms. The molecule has 1 nitrogen and oxygen atoms in total. The first-order chi connectivity index (χ1) is 5.95. The lowest BCUT2D eigenvalue weighted by atomic mass is 10.0. The van der Waals surface area contributed by atoms with Crippen molar-refractivity contribution in [2.24, 2.45) is 0 Å². The summed E-state index contributed by atoms with van der Waals surface area (Å²) in [5.74, 6) is -0.459. The summed E-state index contributed by atoms with van der Waals surface area (Å²) in [5.41, 5.74) is 1.78. The number of carbonyl (C=O) groups excluding carboxylic acids is 1. The van der Waals surface area contributed by atoms with E-state index in [9.17, 15) is 9.18 Å². The topological polar surface area (TPSA) is 17.1 Å². The molecule has 70 valence electrons. The second-order valence-corrected chi connectivity index (χ2v) is 3.82. The van der Waals surface area contributed by atoms with Crippen LogP contribution in [0.4, 0.5) is 4.39 Å². The molecule has 0 aliphatic carbocycles. The SMILES string of the molecule is CC(=O)c1cc(F)c(C)c(Br)c1C. The number of benzene rings is 1. The van der Waals surface area contributed by atoms with E-state index in [-0.39, 0.29) is 11.6 Å². The zero-order valence-electron chi connectivity index (χ0n) is 7.74. The van der Waals surface area contributed by atoms with E-state index in [1.54, 1.807) is 13.8 Å². The van der Waals surface area contributed by atoms with Crippen molar-refractivity contribution in [3.05, 3.63) is 33.0 Å². The largest absolute Gasteiger partial charge is 0.294 e. The molecule has 0 amide bonds. The summed E-state index contributed by atoms with van der Waals surface area (Å²) in [6, 6.07) is 1.29. The Labute approximate surface area is 85.1 Å². The van der Waals surface area contributed by atoms with E-state index in [4.69, 9.17) is 0 Å². The third-order valence-electron chi connectivity index (χ3n) is 2.07. The van der Waals surface area contributed by atoms with E-state index in [1.165, 1.54) is 13.0 Å². The van der Waals surface area contributed by atoms with Gasteiger partial charge < -0.3 is 0 Å². The van der Waals surface area contributed by atoms with Crippen molar-refractivity contribution in [1.82, 2.24) is 0 Å². The lowest BCUT2D eigenvalue weighted by Gasteiger charge is -2.08. The molecule has 0 saturated carbocycles. The summed E-state index contributed by atoms with van der Waals surface area (Å²) >= 11 is 3.26. The molecule has 0 aliphatic heterocycles. The number of Topliss-reactive ketones (excluding diaryl/α,β-unsaturated/α-hetero) is 1. The maximum absolute atomic E-state index is 13.2. The molecule has 0 N–H and O–H groups in total. The first-order valence-corrected chi connectivity index (χ1v) is 4.70. The lowest BCUT2D eigenvalue weighted by molar-refractivity contribution is 0.101. The lowest BCUT2D eigenvalue weighted by Crippen LogP contribution is -2.00. The van der Waals surface area contributed by atoms with E-state index in [1.807, 2.05) is 0 Å². The fraction of sp³-hybridized carbons (Fsp3) is 0.300. The highest BCUT2D eigenvalue weighted by Crippen LogP contribution is 2.26. The Bertz CT molecular complexity index is 372. The summed E-state index contributed by atoms with van der Waals surface area (Å²) in [6.45, 7) is 4.91. The van der Waals surface area contributed by atoms with Gasteiger partial charge in [0, 0.05) is 10.0 Å². The van der Waals surface area contributed by atoms with Crippen LogP contribution in [-0.2, 0) is 0 Å². The van der Waals surface area contributed by atoms with Crippen LogP contribution in [0.25, 0.3) is 0 Å². The zero-order valence-corrected chi connectivity index (χ0v) is 9.33. The van der Waals surface area contributed by atoms with E-state index in [2.05, 4.69) is 15.9 Å². The molecule has 1 aromatic rings. The average Bonchev–Trinajstić information content (AvgIpc) is 2.07. The molecule has 3 heteroatoms. The first-order valence-electron chi connectivity index (χ1n) is 3.91. The number of rotatable bonds is 1. The third kappa shape index (κ3) is 1.80. The Balaban J connectivity index is 3.50. The van der Waals surface area contributed by atoms with Crippen molar-refractivity contribution in [3.63, 3.8) is 0 Å². The van der Waals surface area contributed by atoms with Gasteiger partial charge in [-0.2, -0.15) is 0 Å². The monoisotopic (exact) mass is 244 g/mol. The summed E-state index contributed by atoms with van der Waals surface area (Å²) in [6.07, 6.45) is 0. The number of hydrogen-bond acceptors (Lipinski definition) is 1. The van der Waals surface area contributed by atoms with Gasteiger partial charge in [-0.15, -0.1) is 0 Å². The second-order valence-electron chi connectivity index (χ2n) is 3.03. The summed E-state index contributed by atoms with van der Waals surface area (Å²) in [4.78, 5) is 11.1. The number of halogens is 2. The zero-order chi connectivity index (χ0) is 10.2. The van der Waals surface area contributed by atoms with E-state index >= 15 is 0 Å². The molecule has 0 unspecified atom stereocenters. The molecule has 0 saturated heterocycles. The van der Waals surface area contributed by atoms with Crippen LogP contribution in [0, 0.1) is 19.7 Å². The van der Waals surface area contributed by atoms with Crippen LogP contribution < -0.4 is 0 Å². The highest BCUT2D eigenvalue weighted by molar-refractivity contribution is 9.10. The Morgan fingerprint density at radius 2 is 1.92 bits per heavy atom. The Morgan fingerprint density at radius 3 is 2.38 bits per heavy atom. The van der Waals surface area contributed by atoms with Crippen molar-refractivity contribution in [2.45, 2.75) is 20.8 Å². The number of ketones is 1. The molecule has 0 aromatic heterocycles. The molecule has 1 rings (SSSR count). The third-order valence-corrected chi connectivity index (χ3v) is 3.26. The van der Waals surface area contributed by atoms with Crippen LogP contribution in [-0.4, -0.2) is 5.78 Å². The predicted molar refractivity (Wildman–Crippen MR) is 53.6 cm³/mol. The minimum atomic E-state index is -0.345. The maximum Gasteiger partial charge on any atom is 0.160 e. The average molecular weight is 245 g/mol. The van der Waals surface area contributed by atoms with Gasteiger partial charge in [0.15, 0.2) is 5.78 Å². The number of hydrogen-bond donors (Lipinski definition) is 0. The Hall–Kier alpha value is -0.700. The normalized spacial score (nSPS) is 10.2. The molecule has 0 radical (unpaired) electrons. The Morgan fingerprint density at radius 1 is 1.38 bits per heavy atom. The molecular formula is C10H10BrFO. The molecule has 0 bridgehead atoms. The van der Waals surface area contributed by atoms with Crippen molar-refractivity contribution in [1.29, 1.82) is 0 Å². The van der Waals surface area contributed by atoms with Gasteiger partial charge in [0.2, 0.25) is 0 Å². The minimum Gasteiger partial charge on any atom is -0.294 e. The van der Waals surface area contributed by atoms with Crippen LogP contribution in [0.3, 0.4) is 0 Å². The van der Waals surface area contributed by atoms with Crippen molar-refractivity contribution < 1.29 is 9.18 Å². The fourth-order valence-corrected chi connectivity index (χ4v) is 1.62. The van der Waals surface area contributed by atoms with Crippen molar-refractivity contribution in [3.8, 4) is 0 Å². The fourth-order valence-electron chi connectivity index (χ4n) is 1.21. The van der Waals surface area contributed by atoms with E-state index in [0.717, 1.165) is 5.56 Å². The highest BCUT2D eigenvalue weighted by atomic mass is 79.9. The smallest absolute Gasteiger partial charge is 0.160 e. The van der Waals surface area contributed by atoms with Crippen LogP contribution in [0.15, 0.2) is 10.5 Å². The molecule has 0 aliphatic rings. The first kappa shape index (κ1) is 10.4. The van der Waals surface area contributed by atoms with Crippen molar-refractivity contribution >= 4 is 21.7 Å². The Kier molecular flexibility index (Phi) is 2.86. The molecule has 1 aromatic carbocycles. The van der Waals surface area contributed by atoms with Gasteiger partial charge in [-0.05, 0) is 38.0 Å². The maximum atomic E-state index is 13.2. The quantitative estimate of drug-likeness (QED) is 0.693. The standard InChI is InChI=1S/C10H10BrFO/c1-5-8(7(3)13)4-9(12)6(2)10(5)11/h4H,1-3H3. The number of carbonyl (C=O) groups is 1. The molecular weight excluding hydrogens is 235 g/mol. The molecule has 0 atom stereocenters. The van der Waals surface area contributed by atoms with E-state index in [0.29, 0.717) is 15.6 Å². The molecule has 0 spiro atoms. The predicted octanol–water partition coefficient (Wildman–Crippen LogP) is 3.41. The summed E-state index contributed by atoms with van der Waals surface area (Å²) < 4.78 is 13.9. The molecule has 0 fully saturated rings. The van der Waals surface area contributed by atoms with E-state index < -0.39 is 0 Å². The minimum absolute atomic E-state index is 0.114.